The molecule has 2 aromatic rings. The topological polar surface area (TPSA) is 85.1 Å². The lowest BCUT2D eigenvalue weighted by Gasteiger charge is -2.16. The molecular formula is C16H14F3N3O2. The van der Waals surface area contributed by atoms with Crippen molar-refractivity contribution in [3.63, 3.8) is 0 Å². The third kappa shape index (κ3) is 4.55. The van der Waals surface area contributed by atoms with Crippen molar-refractivity contribution in [2.45, 2.75) is 18.6 Å². The normalized spacial score (nSPS) is 12.5. The maximum Gasteiger partial charge on any atom is 0.416 e. The van der Waals surface area contributed by atoms with Crippen LogP contribution in [0.5, 0.6) is 0 Å². The predicted molar refractivity (Wildman–Crippen MR) is 79.8 cm³/mol. The zero-order valence-electron chi connectivity index (χ0n) is 12.4. The molecule has 1 heterocycles. The molecule has 0 aliphatic carbocycles. The SMILES string of the molecule is NC(=O)[C@@H](Cc1ccc(C(F)(F)F)cc1)NC(=O)c1cccnc1. The highest BCUT2D eigenvalue weighted by Gasteiger charge is 2.30. The number of benzene rings is 1. The van der Waals surface area contributed by atoms with Gasteiger partial charge in [-0.2, -0.15) is 13.2 Å². The van der Waals surface area contributed by atoms with Gasteiger partial charge in [0.1, 0.15) is 6.04 Å². The Hall–Kier alpha value is -2.90. The van der Waals surface area contributed by atoms with Crippen LogP contribution in [0, 0.1) is 0 Å². The number of amides is 2. The van der Waals surface area contributed by atoms with Crippen LogP contribution in [0.1, 0.15) is 21.5 Å². The van der Waals surface area contributed by atoms with Crippen molar-refractivity contribution in [3.8, 4) is 0 Å². The number of alkyl halides is 3. The minimum absolute atomic E-state index is 0.0144. The Balaban J connectivity index is 2.09. The first kappa shape index (κ1) is 17.5. The predicted octanol–water partition coefficient (Wildman–Crippen LogP) is 1.93. The summed E-state index contributed by atoms with van der Waals surface area (Å²) < 4.78 is 37.6. The summed E-state index contributed by atoms with van der Waals surface area (Å²) in [7, 11) is 0. The van der Waals surface area contributed by atoms with Gasteiger partial charge in [0.2, 0.25) is 5.91 Å². The molecule has 24 heavy (non-hydrogen) atoms. The van der Waals surface area contributed by atoms with E-state index in [9.17, 15) is 22.8 Å². The van der Waals surface area contributed by atoms with E-state index in [-0.39, 0.29) is 12.0 Å². The fourth-order valence-corrected chi connectivity index (χ4v) is 2.03. The molecule has 126 valence electrons. The number of hydrogen-bond donors (Lipinski definition) is 2. The van der Waals surface area contributed by atoms with Gasteiger partial charge < -0.3 is 11.1 Å². The molecule has 0 saturated heterocycles. The quantitative estimate of drug-likeness (QED) is 0.874. The van der Waals surface area contributed by atoms with Gasteiger partial charge in [0.05, 0.1) is 11.1 Å². The minimum atomic E-state index is -4.43. The summed E-state index contributed by atoms with van der Waals surface area (Å²) in [4.78, 5) is 27.3. The van der Waals surface area contributed by atoms with Crippen LogP contribution in [0.25, 0.3) is 0 Å². The van der Waals surface area contributed by atoms with E-state index < -0.39 is 29.6 Å². The number of carbonyl (C=O) groups excluding carboxylic acids is 2. The van der Waals surface area contributed by atoms with Crippen molar-refractivity contribution in [2.75, 3.05) is 0 Å². The van der Waals surface area contributed by atoms with Crippen LogP contribution in [0.15, 0.2) is 48.8 Å². The molecular weight excluding hydrogens is 323 g/mol. The molecule has 0 bridgehead atoms. The number of nitrogens with one attached hydrogen (secondary N) is 1. The number of primary amides is 1. The molecule has 0 aliphatic heterocycles. The first-order valence-corrected chi connectivity index (χ1v) is 6.93. The number of nitrogens with zero attached hydrogens (tertiary/aromatic N) is 1. The Morgan fingerprint density at radius 2 is 1.83 bits per heavy atom. The van der Waals surface area contributed by atoms with E-state index in [2.05, 4.69) is 10.3 Å². The second-order valence-electron chi connectivity index (χ2n) is 5.07. The van der Waals surface area contributed by atoms with Gasteiger partial charge in [0.15, 0.2) is 0 Å². The molecule has 0 aliphatic rings. The molecule has 0 saturated carbocycles. The number of halogens is 3. The van der Waals surface area contributed by atoms with E-state index in [0.29, 0.717) is 5.56 Å². The first-order chi connectivity index (χ1) is 11.3. The fourth-order valence-electron chi connectivity index (χ4n) is 2.03. The number of aromatic nitrogens is 1. The average Bonchev–Trinajstić information content (AvgIpc) is 2.54. The molecule has 1 aromatic carbocycles. The van der Waals surface area contributed by atoms with Crippen LogP contribution >= 0.6 is 0 Å². The van der Waals surface area contributed by atoms with Crippen LogP contribution in [0.4, 0.5) is 13.2 Å². The van der Waals surface area contributed by atoms with Crippen LogP contribution < -0.4 is 11.1 Å². The molecule has 0 radical (unpaired) electrons. The van der Waals surface area contributed by atoms with E-state index >= 15 is 0 Å². The van der Waals surface area contributed by atoms with Crippen molar-refractivity contribution in [2.24, 2.45) is 5.73 Å². The lowest BCUT2D eigenvalue weighted by molar-refractivity contribution is -0.137. The van der Waals surface area contributed by atoms with Gasteiger partial charge in [-0.05, 0) is 29.8 Å². The number of pyridine rings is 1. The Labute approximate surface area is 135 Å². The molecule has 0 spiro atoms. The zero-order valence-corrected chi connectivity index (χ0v) is 12.4. The molecule has 2 rings (SSSR count). The lowest BCUT2D eigenvalue weighted by atomic mass is 10.0. The van der Waals surface area contributed by atoms with Gasteiger partial charge in [-0.1, -0.05) is 12.1 Å². The highest BCUT2D eigenvalue weighted by Crippen LogP contribution is 2.29. The Kier molecular flexibility index (Phi) is 5.18. The maximum absolute atomic E-state index is 12.5. The van der Waals surface area contributed by atoms with Gasteiger partial charge in [0.25, 0.3) is 5.91 Å². The Bertz CT molecular complexity index is 716. The van der Waals surface area contributed by atoms with E-state index in [0.717, 1.165) is 12.1 Å². The molecule has 8 heteroatoms. The van der Waals surface area contributed by atoms with E-state index in [1.54, 1.807) is 6.07 Å². The second kappa shape index (κ2) is 7.12. The van der Waals surface area contributed by atoms with Crippen molar-refractivity contribution in [1.82, 2.24) is 10.3 Å². The standard InChI is InChI=1S/C16H14F3N3O2/c17-16(18,19)12-5-3-10(4-6-12)8-13(14(20)23)22-15(24)11-2-1-7-21-9-11/h1-7,9,13H,8H2,(H2,20,23)(H,22,24)/t13-/m1/s1. The summed E-state index contributed by atoms with van der Waals surface area (Å²) in [6, 6.07) is 6.34. The number of nitrogens with two attached hydrogens (primary N) is 1. The van der Waals surface area contributed by atoms with E-state index in [4.69, 9.17) is 5.73 Å². The molecule has 1 atom stereocenters. The average molecular weight is 337 g/mol. The highest BCUT2D eigenvalue weighted by molar-refractivity contribution is 5.97. The number of carbonyl (C=O) groups is 2. The van der Waals surface area contributed by atoms with Crippen molar-refractivity contribution in [3.05, 3.63) is 65.5 Å². The van der Waals surface area contributed by atoms with Crippen LogP contribution in [0.3, 0.4) is 0 Å². The molecule has 0 unspecified atom stereocenters. The maximum atomic E-state index is 12.5. The summed E-state index contributed by atoms with van der Waals surface area (Å²) in [6.45, 7) is 0. The van der Waals surface area contributed by atoms with Gasteiger partial charge >= 0.3 is 6.18 Å². The largest absolute Gasteiger partial charge is 0.416 e. The van der Waals surface area contributed by atoms with Crippen molar-refractivity contribution >= 4 is 11.8 Å². The summed E-state index contributed by atoms with van der Waals surface area (Å²) in [5.41, 5.74) is 5.16. The van der Waals surface area contributed by atoms with Crippen molar-refractivity contribution in [1.29, 1.82) is 0 Å². The summed E-state index contributed by atoms with van der Waals surface area (Å²) in [5.74, 6) is -1.33. The fraction of sp³-hybridized carbons (Fsp3) is 0.188. The number of rotatable bonds is 5. The monoisotopic (exact) mass is 337 g/mol. The highest BCUT2D eigenvalue weighted by atomic mass is 19.4. The van der Waals surface area contributed by atoms with Crippen LogP contribution in [0.2, 0.25) is 0 Å². The van der Waals surface area contributed by atoms with Gasteiger partial charge in [-0.15, -0.1) is 0 Å². The third-order valence-electron chi connectivity index (χ3n) is 3.29. The summed E-state index contributed by atoms with van der Waals surface area (Å²) in [5, 5.41) is 2.45. The molecule has 3 N–H and O–H groups in total. The molecule has 1 aromatic heterocycles. The zero-order chi connectivity index (χ0) is 17.7. The minimum Gasteiger partial charge on any atom is -0.368 e. The Morgan fingerprint density at radius 1 is 1.17 bits per heavy atom. The number of hydrogen-bond acceptors (Lipinski definition) is 3. The van der Waals surface area contributed by atoms with Crippen molar-refractivity contribution < 1.29 is 22.8 Å². The van der Waals surface area contributed by atoms with Gasteiger partial charge in [-0.25, -0.2) is 0 Å². The summed E-state index contributed by atoms with van der Waals surface area (Å²) >= 11 is 0. The molecule has 0 fully saturated rings. The summed E-state index contributed by atoms with van der Waals surface area (Å²) in [6.07, 6.45) is -1.63. The van der Waals surface area contributed by atoms with Crippen LogP contribution in [-0.4, -0.2) is 22.8 Å². The van der Waals surface area contributed by atoms with E-state index in [1.807, 2.05) is 0 Å². The first-order valence-electron chi connectivity index (χ1n) is 6.93. The van der Waals surface area contributed by atoms with Gasteiger partial charge in [-0.3, -0.25) is 14.6 Å². The molecule has 2 amide bonds. The third-order valence-corrected chi connectivity index (χ3v) is 3.29. The Morgan fingerprint density at radius 3 is 2.33 bits per heavy atom. The molecule has 5 nitrogen and oxygen atoms in total. The smallest absolute Gasteiger partial charge is 0.368 e. The van der Waals surface area contributed by atoms with Crippen LogP contribution in [-0.2, 0) is 17.4 Å². The van der Waals surface area contributed by atoms with E-state index in [1.165, 1.54) is 30.6 Å². The second-order valence-corrected chi connectivity index (χ2v) is 5.07. The van der Waals surface area contributed by atoms with Gasteiger partial charge in [0, 0.05) is 18.8 Å². The lowest BCUT2D eigenvalue weighted by Crippen LogP contribution is -2.45.